The molecule has 1 saturated carbocycles. The number of piperazine rings is 1. The maximum Gasteiger partial charge on any atom is 0.391 e. The van der Waals surface area contributed by atoms with Crippen LogP contribution in [0.5, 0.6) is 0 Å². The van der Waals surface area contributed by atoms with E-state index in [0.29, 0.717) is 18.5 Å². The van der Waals surface area contributed by atoms with Gasteiger partial charge in [0.25, 0.3) is 0 Å². The minimum atomic E-state index is -4.16. The first-order valence-corrected chi connectivity index (χ1v) is 11.1. The molecule has 0 aromatic heterocycles. The highest BCUT2D eigenvalue weighted by molar-refractivity contribution is 5.97. The van der Waals surface area contributed by atoms with Crippen molar-refractivity contribution in [2.75, 3.05) is 43.4 Å². The second kappa shape index (κ2) is 8.88. The van der Waals surface area contributed by atoms with Crippen molar-refractivity contribution in [1.29, 1.82) is 0 Å². The van der Waals surface area contributed by atoms with Crippen molar-refractivity contribution in [1.82, 2.24) is 4.90 Å². The predicted molar refractivity (Wildman–Crippen MR) is 117 cm³/mol. The predicted octanol–water partition coefficient (Wildman–Crippen LogP) is 4.97. The van der Waals surface area contributed by atoms with Gasteiger partial charge in [-0.25, -0.2) is 4.79 Å². The van der Waals surface area contributed by atoms with Crippen LogP contribution in [-0.4, -0.2) is 61.4 Å². The van der Waals surface area contributed by atoms with Gasteiger partial charge >= 0.3 is 12.1 Å². The highest BCUT2D eigenvalue weighted by Crippen LogP contribution is 2.43. The zero-order chi connectivity index (χ0) is 23.0. The third-order valence-electron chi connectivity index (χ3n) is 6.55. The third kappa shape index (κ3) is 5.45. The Bertz CT molecular complexity index is 788. The summed E-state index contributed by atoms with van der Waals surface area (Å²) in [7, 11) is 2.08. The molecule has 0 bridgehead atoms. The molecule has 8 heteroatoms. The number of halogens is 3. The molecule has 0 spiro atoms. The van der Waals surface area contributed by atoms with Gasteiger partial charge in [-0.1, -0.05) is 20.8 Å². The van der Waals surface area contributed by atoms with Crippen molar-refractivity contribution >= 4 is 17.3 Å². The summed E-state index contributed by atoms with van der Waals surface area (Å²) in [4.78, 5) is 16.6. The Labute approximate surface area is 182 Å². The largest absolute Gasteiger partial charge is 0.478 e. The number of rotatable bonds is 4. The van der Waals surface area contributed by atoms with Crippen LogP contribution in [-0.2, 0) is 5.41 Å². The van der Waals surface area contributed by atoms with Gasteiger partial charge in [0.15, 0.2) is 0 Å². The van der Waals surface area contributed by atoms with E-state index in [2.05, 4.69) is 42.9 Å². The number of nitrogens with zero attached hydrogens (tertiary/aromatic N) is 2. The highest BCUT2D eigenvalue weighted by Gasteiger charge is 2.41. The molecule has 1 saturated heterocycles. The van der Waals surface area contributed by atoms with Crippen molar-refractivity contribution < 1.29 is 23.1 Å². The zero-order valence-electron chi connectivity index (χ0n) is 18.9. The Morgan fingerprint density at radius 2 is 1.61 bits per heavy atom. The number of nitrogens with one attached hydrogen (secondary N) is 1. The minimum Gasteiger partial charge on any atom is -0.478 e. The standard InChI is InChI=1S/C23H34F3N3O2/c1-22(2,3)19-18(29-13-11-28(4)12-14-29)10-9-17(21(30)31)20(19)27-16-7-5-15(6-8-16)23(24,25)26/h9-10,15-16,27H,5-8,11-14H2,1-4H3,(H,30,31). The number of hydrogen-bond donors (Lipinski definition) is 2. The van der Waals surface area contributed by atoms with Gasteiger partial charge in [0, 0.05) is 43.5 Å². The third-order valence-corrected chi connectivity index (χ3v) is 6.55. The minimum absolute atomic E-state index is 0.0760. The number of benzene rings is 1. The van der Waals surface area contributed by atoms with Gasteiger partial charge in [-0.15, -0.1) is 0 Å². The van der Waals surface area contributed by atoms with Crippen LogP contribution in [0.15, 0.2) is 12.1 Å². The average Bonchev–Trinajstić information content (AvgIpc) is 2.67. The van der Waals surface area contributed by atoms with Gasteiger partial charge in [-0.3, -0.25) is 0 Å². The molecule has 31 heavy (non-hydrogen) atoms. The van der Waals surface area contributed by atoms with E-state index in [-0.39, 0.29) is 29.9 Å². The molecule has 0 atom stereocenters. The quantitative estimate of drug-likeness (QED) is 0.691. The van der Waals surface area contributed by atoms with Crippen LogP contribution < -0.4 is 10.2 Å². The number of aromatic carboxylic acids is 1. The number of alkyl halides is 3. The molecule has 5 nitrogen and oxygen atoms in total. The van der Waals surface area contributed by atoms with E-state index >= 15 is 0 Å². The van der Waals surface area contributed by atoms with Crippen molar-refractivity contribution in [3.8, 4) is 0 Å². The molecule has 0 amide bonds. The molecule has 3 rings (SSSR count). The van der Waals surface area contributed by atoms with Crippen LogP contribution in [0, 0.1) is 5.92 Å². The maximum atomic E-state index is 13.1. The van der Waals surface area contributed by atoms with Gasteiger partial charge in [0.1, 0.15) is 0 Å². The zero-order valence-corrected chi connectivity index (χ0v) is 18.9. The topological polar surface area (TPSA) is 55.8 Å². The Hall–Kier alpha value is -1.96. The van der Waals surface area contributed by atoms with Gasteiger partial charge in [-0.05, 0) is 50.3 Å². The van der Waals surface area contributed by atoms with Gasteiger partial charge in [0.05, 0.1) is 17.2 Å². The fourth-order valence-corrected chi connectivity index (χ4v) is 4.76. The van der Waals surface area contributed by atoms with E-state index in [4.69, 9.17) is 0 Å². The second-order valence-electron chi connectivity index (χ2n) is 9.96. The molecular weight excluding hydrogens is 407 g/mol. The van der Waals surface area contributed by atoms with Crippen molar-refractivity contribution in [2.24, 2.45) is 5.92 Å². The first-order chi connectivity index (χ1) is 14.4. The molecule has 1 heterocycles. The van der Waals surface area contributed by atoms with Gasteiger partial charge < -0.3 is 20.2 Å². The number of carboxylic acid groups (broad SMARTS) is 1. The molecule has 1 aromatic carbocycles. The molecule has 0 radical (unpaired) electrons. The van der Waals surface area contributed by atoms with Gasteiger partial charge in [-0.2, -0.15) is 13.2 Å². The molecule has 0 unspecified atom stereocenters. The van der Waals surface area contributed by atoms with Crippen LogP contribution in [0.25, 0.3) is 0 Å². The van der Waals surface area contributed by atoms with E-state index in [1.807, 2.05) is 6.07 Å². The van der Waals surface area contributed by atoms with Crippen LogP contribution >= 0.6 is 0 Å². The second-order valence-corrected chi connectivity index (χ2v) is 9.96. The molecular formula is C23H34F3N3O2. The molecule has 1 aliphatic carbocycles. The Kier molecular flexibility index (Phi) is 6.79. The summed E-state index contributed by atoms with van der Waals surface area (Å²) in [5.41, 5.74) is 2.34. The van der Waals surface area contributed by atoms with E-state index in [9.17, 15) is 23.1 Å². The van der Waals surface area contributed by atoms with E-state index < -0.39 is 18.1 Å². The Balaban J connectivity index is 1.95. The molecule has 2 N–H and O–H groups in total. The number of hydrogen-bond acceptors (Lipinski definition) is 4. The highest BCUT2D eigenvalue weighted by atomic mass is 19.4. The monoisotopic (exact) mass is 441 g/mol. The molecule has 2 aliphatic rings. The van der Waals surface area contributed by atoms with E-state index in [1.165, 1.54) is 0 Å². The SMILES string of the molecule is CN1CCN(c2ccc(C(=O)O)c(NC3CCC(C(F)(F)F)CC3)c2C(C)(C)C)CC1. The molecule has 1 aromatic rings. The summed E-state index contributed by atoms with van der Waals surface area (Å²) in [6.45, 7) is 9.71. The lowest BCUT2D eigenvalue weighted by atomic mass is 9.81. The summed E-state index contributed by atoms with van der Waals surface area (Å²) in [5, 5.41) is 13.2. The summed E-state index contributed by atoms with van der Waals surface area (Å²) in [5.74, 6) is -2.29. The van der Waals surface area contributed by atoms with Crippen LogP contribution in [0.3, 0.4) is 0 Å². The molecule has 174 valence electrons. The number of anilines is 2. The van der Waals surface area contributed by atoms with Crippen molar-refractivity contribution in [3.63, 3.8) is 0 Å². The first-order valence-electron chi connectivity index (χ1n) is 11.1. The maximum absolute atomic E-state index is 13.1. The van der Waals surface area contributed by atoms with Crippen LogP contribution in [0.4, 0.5) is 24.5 Å². The summed E-state index contributed by atoms with van der Waals surface area (Å²) in [6, 6.07) is 3.36. The number of carbonyl (C=O) groups is 1. The average molecular weight is 442 g/mol. The smallest absolute Gasteiger partial charge is 0.391 e. The summed E-state index contributed by atoms with van der Waals surface area (Å²) >= 11 is 0. The molecule has 1 aliphatic heterocycles. The fourth-order valence-electron chi connectivity index (χ4n) is 4.76. The summed E-state index contributed by atoms with van der Waals surface area (Å²) in [6.07, 6.45) is -3.24. The normalized spacial score (nSPS) is 23.6. The number of carboxylic acids is 1. The fraction of sp³-hybridized carbons (Fsp3) is 0.696. The first kappa shape index (κ1) is 23.7. The van der Waals surface area contributed by atoms with Crippen molar-refractivity contribution in [2.45, 2.75) is 64.1 Å². The van der Waals surface area contributed by atoms with Crippen LogP contribution in [0.2, 0.25) is 0 Å². The van der Waals surface area contributed by atoms with Crippen molar-refractivity contribution in [3.05, 3.63) is 23.3 Å². The lowest BCUT2D eigenvalue weighted by Crippen LogP contribution is -2.45. The lowest BCUT2D eigenvalue weighted by molar-refractivity contribution is -0.182. The summed E-state index contributed by atoms with van der Waals surface area (Å²) < 4.78 is 39.2. The number of likely N-dealkylation sites (N-methyl/N-ethyl adjacent to an activating group) is 1. The molecule has 2 fully saturated rings. The lowest BCUT2D eigenvalue weighted by Gasteiger charge is -2.39. The Morgan fingerprint density at radius 3 is 2.10 bits per heavy atom. The van der Waals surface area contributed by atoms with E-state index in [0.717, 1.165) is 37.4 Å². The van der Waals surface area contributed by atoms with Gasteiger partial charge in [0.2, 0.25) is 0 Å². The Morgan fingerprint density at radius 1 is 1.03 bits per heavy atom. The van der Waals surface area contributed by atoms with E-state index in [1.54, 1.807) is 6.07 Å². The van der Waals surface area contributed by atoms with Crippen LogP contribution in [0.1, 0.15) is 62.4 Å².